The number of aromatic nitrogens is 1. The molecule has 2 N–H and O–H groups in total. The van der Waals surface area contributed by atoms with Crippen molar-refractivity contribution >= 4 is 21.6 Å². The number of aromatic carboxylic acids is 1. The smallest absolute Gasteiger partial charge is 0.354 e. The topological polar surface area (TPSA) is 96.4 Å². The van der Waals surface area contributed by atoms with E-state index in [0.29, 0.717) is 18.8 Å². The third-order valence-corrected chi connectivity index (χ3v) is 3.50. The minimum Gasteiger partial charge on any atom is -0.477 e. The van der Waals surface area contributed by atoms with Crippen molar-refractivity contribution in [2.75, 3.05) is 23.9 Å². The van der Waals surface area contributed by atoms with Crippen LogP contribution in [-0.4, -0.2) is 43.0 Å². The molecule has 0 saturated heterocycles. The Bertz CT molecular complexity index is 528. The fourth-order valence-electron chi connectivity index (χ4n) is 1.53. The second kappa shape index (κ2) is 7.08. The molecule has 0 aromatic carbocycles. The zero-order chi connectivity index (χ0) is 14.3. The fraction of sp³-hybridized carbons (Fsp3) is 0.500. The monoisotopic (exact) mass is 286 g/mol. The van der Waals surface area contributed by atoms with E-state index in [9.17, 15) is 13.2 Å². The summed E-state index contributed by atoms with van der Waals surface area (Å²) in [6.45, 7) is 0.639. The summed E-state index contributed by atoms with van der Waals surface area (Å²) in [4.78, 5) is 14.6. The van der Waals surface area contributed by atoms with Crippen molar-refractivity contribution in [2.45, 2.75) is 19.3 Å². The summed E-state index contributed by atoms with van der Waals surface area (Å²) in [5, 5.41) is 11.8. The number of pyridine rings is 1. The lowest BCUT2D eigenvalue weighted by Crippen LogP contribution is -2.08. The third kappa shape index (κ3) is 6.76. The van der Waals surface area contributed by atoms with Gasteiger partial charge in [0.1, 0.15) is 15.7 Å². The van der Waals surface area contributed by atoms with E-state index < -0.39 is 15.8 Å². The molecular formula is C12H18N2O4S. The maximum absolute atomic E-state index is 10.9. The number of nitrogens with zero attached hydrogens (tertiary/aromatic N) is 1. The van der Waals surface area contributed by atoms with Gasteiger partial charge in [-0.3, -0.25) is 0 Å². The van der Waals surface area contributed by atoms with Crippen molar-refractivity contribution in [2.24, 2.45) is 0 Å². The van der Waals surface area contributed by atoms with Gasteiger partial charge in [0.15, 0.2) is 5.69 Å². The first kappa shape index (κ1) is 15.4. The standard InChI is InChI=1S/C12H18N2O4S/c1-19(17,18)9-4-2-3-8-13-11-7-5-6-10(14-11)12(15)16/h5-7H,2-4,8-9H2,1H3,(H,13,14)(H,15,16). The van der Waals surface area contributed by atoms with Crippen molar-refractivity contribution in [1.82, 2.24) is 4.98 Å². The Morgan fingerprint density at radius 2 is 2.05 bits per heavy atom. The highest BCUT2D eigenvalue weighted by molar-refractivity contribution is 7.90. The first-order valence-electron chi connectivity index (χ1n) is 6.00. The molecule has 0 aliphatic rings. The van der Waals surface area contributed by atoms with E-state index in [1.54, 1.807) is 12.1 Å². The number of anilines is 1. The Kier molecular flexibility index (Phi) is 5.75. The van der Waals surface area contributed by atoms with Crippen LogP contribution < -0.4 is 5.32 Å². The molecule has 0 atom stereocenters. The molecule has 0 spiro atoms. The number of nitrogens with one attached hydrogen (secondary N) is 1. The van der Waals surface area contributed by atoms with Gasteiger partial charge in [0.2, 0.25) is 0 Å². The van der Waals surface area contributed by atoms with Gasteiger partial charge in [-0.25, -0.2) is 18.2 Å². The molecule has 1 aromatic heterocycles. The molecule has 0 bridgehead atoms. The van der Waals surface area contributed by atoms with Gasteiger partial charge < -0.3 is 10.4 Å². The van der Waals surface area contributed by atoms with E-state index in [1.165, 1.54) is 12.3 Å². The molecule has 1 rings (SSSR count). The summed E-state index contributed by atoms with van der Waals surface area (Å²) in [5.74, 6) is -0.334. The van der Waals surface area contributed by atoms with Crippen LogP contribution in [0.15, 0.2) is 18.2 Å². The summed E-state index contributed by atoms with van der Waals surface area (Å²) < 4.78 is 21.8. The summed E-state index contributed by atoms with van der Waals surface area (Å²) in [5.41, 5.74) is 0.00192. The Labute approximate surface area is 112 Å². The number of carbonyl (C=O) groups is 1. The second-order valence-corrected chi connectivity index (χ2v) is 6.59. The summed E-state index contributed by atoms with van der Waals surface area (Å²) in [6.07, 6.45) is 3.49. The van der Waals surface area contributed by atoms with E-state index in [0.717, 1.165) is 12.8 Å². The number of carboxylic acids is 1. The van der Waals surface area contributed by atoms with Gasteiger partial charge in [-0.15, -0.1) is 0 Å². The first-order chi connectivity index (χ1) is 8.88. The lowest BCUT2D eigenvalue weighted by Gasteiger charge is -2.05. The minimum atomic E-state index is -2.88. The highest BCUT2D eigenvalue weighted by Crippen LogP contribution is 2.06. The Hall–Kier alpha value is -1.63. The summed E-state index contributed by atoms with van der Waals surface area (Å²) in [6, 6.07) is 4.75. The summed E-state index contributed by atoms with van der Waals surface area (Å²) >= 11 is 0. The van der Waals surface area contributed by atoms with Gasteiger partial charge in [0.25, 0.3) is 0 Å². The number of unbranched alkanes of at least 4 members (excludes halogenated alkanes) is 2. The van der Waals surface area contributed by atoms with Crippen LogP contribution in [0.4, 0.5) is 5.82 Å². The zero-order valence-corrected chi connectivity index (χ0v) is 11.6. The maximum Gasteiger partial charge on any atom is 0.354 e. The Morgan fingerprint density at radius 1 is 1.32 bits per heavy atom. The quantitative estimate of drug-likeness (QED) is 0.701. The number of rotatable bonds is 8. The van der Waals surface area contributed by atoms with E-state index in [4.69, 9.17) is 5.11 Å². The van der Waals surface area contributed by atoms with Gasteiger partial charge in [0, 0.05) is 18.6 Å². The molecular weight excluding hydrogens is 268 g/mol. The van der Waals surface area contributed by atoms with Gasteiger partial charge >= 0.3 is 5.97 Å². The van der Waals surface area contributed by atoms with Crippen LogP contribution >= 0.6 is 0 Å². The van der Waals surface area contributed by atoms with Crippen molar-refractivity contribution in [1.29, 1.82) is 0 Å². The van der Waals surface area contributed by atoms with Crippen LogP contribution in [0.5, 0.6) is 0 Å². The van der Waals surface area contributed by atoms with Crippen LogP contribution in [0.1, 0.15) is 29.8 Å². The van der Waals surface area contributed by atoms with Crippen molar-refractivity contribution in [3.05, 3.63) is 23.9 Å². The number of carboxylic acid groups (broad SMARTS) is 1. The van der Waals surface area contributed by atoms with Crippen LogP contribution in [-0.2, 0) is 9.84 Å². The van der Waals surface area contributed by atoms with E-state index in [-0.39, 0.29) is 11.4 Å². The average molecular weight is 286 g/mol. The SMILES string of the molecule is CS(=O)(=O)CCCCCNc1cccc(C(=O)O)n1. The third-order valence-electron chi connectivity index (χ3n) is 2.47. The van der Waals surface area contributed by atoms with E-state index >= 15 is 0 Å². The molecule has 0 saturated carbocycles. The molecule has 0 unspecified atom stereocenters. The number of hydrogen-bond acceptors (Lipinski definition) is 5. The number of sulfone groups is 1. The van der Waals surface area contributed by atoms with Crippen LogP contribution in [0.3, 0.4) is 0 Å². The van der Waals surface area contributed by atoms with E-state index in [2.05, 4.69) is 10.3 Å². The minimum absolute atomic E-state index is 0.00192. The maximum atomic E-state index is 10.9. The van der Waals surface area contributed by atoms with Crippen LogP contribution in [0.25, 0.3) is 0 Å². The molecule has 106 valence electrons. The largest absolute Gasteiger partial charge is 0.477 e. The van der Waals surface area contributed by atoms with Crippen LogP contribution in [0, 0.1) is 0 Å². The van der Waals surface area contributed by atoms with Crippen molar-refractivity contribution < 1.29 is 18.3 Å². The van der Waals surface area contributed by atoms with Gasteiger partial charge in [0.05, 0.1) is 0 Å². The Morgan fingerprint density at radius 3 is 2.68 bits per heavy atom. The molecule has 7 heteroatoms. The van der Waals surface area contributed by atoms with Gasteiger partial charge in [-0.05, 0) is 25.0 Å². The lowest BCUT2D eigenvalue weighted by atomic mass is 10.2. The molecule has 19 heavy (non-hydrogen) atoms. The number of hydrogen-bond donors (Lipinski definition) is 2. The van der Waals surface area contributed by atoms with Gasteiger partial charge in [-0.2, -0.15) is 0 Å². The molecule has 0 radical (unpaired) electrons. The molecule has 6 nitrogen and oxygen atoms in total. The molecule has 1 aromatic rings. The fourth-order valence-corrected chi connectivity index (χ4v) is 2.26. The summed E-state index contributed by atoms with van der Waals surface area (Å²) in [7, 11) is -2.88. The second-order valence-electron chi connectivity index (χ2n) is 4.33. The molecule has 0 amide bonds. The van der Waals surface area contributed by atoms with E-state index in [1.807, 2.05) is 0 Å². The van der Waals surface area contributed by atoms with Crippen LogP contribution in [0.2, 0.25) is 0 Å². The predicted molar refractivity (Wildman–Crippen MR) is 73.2 cm³/mol. The molecule has 1 heterocycles. The normalized spacial score (nSPS) is 11.2. The Balaban J connectivity index is 2.26. The van der Waals surface area contributed by atoms with Crippen molar-refractivity contribution in [3.8, 4) is 0 Å². The lowest BCUT2D eigenvalue weighted by molar-refractivity contribution is 0.0690. The first-order valence-corrected chi connectivity index (χ1v) is 8.06. The average Bonchev–Trinajstić information content (AvgIpc) is 2.32. The zero-order valence-electron chi connectivity index (χ0n) is 10.8. The molecule has 0 fully saturated rings. The molecule has 0 aliphatic carbocycles. The molecule has 0 aliphatic heterocycles. The predicted octanol–water partition coefficient (Wildman–Crippen LogP) is 1.41. The van der Waals surface area contributed by atoms with Crippen molar-refractivity contribution in [3.63, 3.8) is 0 Å². The highest BCUT2D eigenvalue weighted by atomic mass is 32.2. The highest BCUT2D eigenvalue weighted by Gasteiger charge is 2.04. The van der Waals surface area contributed by atoms with Gasteiger partial charge in [-0.1, -0.05) is 12.5 Å².